The number of amides is 3. The molecule has 0 aliphatic heterocycles. The van der Waals surface area contributed by atoms with Crippen molar-refractivity contribution in [3.05, 3.63) is 81.8 Å². The number of hydrogen-bond acceptors (Lipinski definition) is 6. The van der Waals surface area contributed by atoms with Gasteiger partial charge in [0.05, 0.1) is 12.8 Å². The molecule has 0 unspecified atom stereocenters. The van der Waals surface area contributed by atoms with Gasteiger partial charge in [-0.1, -0.05) is 28.9 Å². The number of anilines is 2. The Bertz CT molecular complexity index is 1330. The van der Waals surface area contributed by atoms with Gasteiger partial charge in [0.15, 0.2) is 6.61 Å². The van der Waals surface area contributed by atoms with Crippen LogP contribution in [-0.4, -0.2) is 37.1 Å². The number of hydrogen-bond donors (Lipinski definition) is 3. The van der Waals surface area contributed by atoms with Crippen LogP contribution in [0.4, 0.5) is 11.4 Å². The quantitative estimate of drug-likeness (QED) is 0.178. The molecule has 3 amide bonds. The molecule has 0 heterocycles. The average Bonchev–Trinajstić information content (AvgIpc) is 2.89. The predicted molar refractivity (Wildman–Crippen MR) is 151 cm³/mol. The Morgan fingerprint density at radius 1 is 0.868 bits per heavy atom. The first-order chi connectivity index (χ1) is 18.2. The van der Waals surface area contributed by atoms with Crippen molar-refractivity contribution in [3.8, 4) is 11.5 Å². The fourth-order valence-electron chi connectivity index (χ4n) is 3.16. The number of hydrazone groups is 1. The molecule has 9 nitrogen and oxygen atoms in total. The van der Waals surface area contributed by atoms with E-state index in [0.717, 1.165) is 22.0 Å². The van der Waals surface area contributed by atoms with E-state index in [4.69, 9.17) is 9.47 Å². The van der Waals surface area contributed by atoms with E-state index < -0.39 is 11.8 Å². The first kappa shape index (κ1) is 28.4. The molecule has 3 N–H and O–H groups in total. The van der Waals surface area contributed by atoms with Crippen LogP contribution in [0.1, 0.15) is 30.0 Å². The van der Waals surface area contributed by atoms with Crippen LogP contribution in [0.2, 0.25) is 0 Å². The molecule has 38 heavy (non-hydrogen) atoms. The highest BCUT2D eigenvalue weighted by Crippen LogP contribution is 2.22. The first-order valence-electron chi connectivity index (χ1n) is 11.9. The van der Waals surface area contributed by atoms with Crippen molar-refractivity contribution < 1.29 is 23.9 Å². The van der Waals surface area contributed by atoms with Crippen molar-refractivity contribution in [1.82, 2.24) is 5.43 Å². The third kappa shape index (κ3) is 8.74. The van der Waals surface area contributed by atoms with Gasteiger partial charge in [-0.3, -0.25) is 14.4 Å². The predicted octanol–water partition coefficient (Wildman–Crippen LogP) is 4.96. The van der Waals surface area contributed by atoms with Gasteiger partial charge in [0.25, 0.3) is 5.91 Å². The van der Waals surface area contributed by atoms with Gasteiger partial charge in [0.1, 0.15) is 11.5 Å². The van der Waals surface area contributed by atoms with Crippen LogP contribution in [0.3, 0.4) is 0 Å². The number of halogens is 1. The Morgan fingerprint density at radius 3 is 2.32 bits per heavy atom. The molecule has 3 aromatic rings. The topological polar surface area (TPSA) is 118 Å². The van der Waals surface area contributed by atoms with Crippen LogP contribution in [-0.2, 0) is 14.4 Å². The summed E-state index contributed by atoms with van der Waals surface area (Å²) in [5.41, 5.74) is 6.01. The summed E-state index contributed by atoms with van der Waals surface area (Å²) in [6.07, 6.45) is 2.21. The highest BCUT2D eigenvalue weighted by molar-refractivity contribution is 9.10. The number of nitrogens with one attached hydrogen (secondary N) is 3. The molecule has 0 saturated heterocycles. The normalized spacial score (nSPS) is 10.6. The summed E-state index contributed by atoms with van der Waals surface area (Å²) in [4.78, 5) is 36.7. The summed E-state index contributed by atoms with van der Waals surface area (Å²) in [5.74, 6) is -1.10. The maximum Gasteiger partial charge on any atom is 0.329 e. The monoisotopic (exact) mass is 580 g/mol. The van der Waals surface area contributed by atoms with E-state index in [0.29, 0.717) is 35.0 Å². The van der Waals surface area contributed by atoms with Gasteiger partial charge in [-0.25, -0.2) is 5.43 Å². The largest absolute Gasteiger partial charge is 0.494 e. The first-order valence-corrected chi connectivity index (χ1v) is 12.7. The van der Waals surface area contributed by atoms with Crippen LogP contribution in [0.25, 0.3) is 0 Å². The molecule has 0 aliphatic rings. The lowest BCUT2D eigenvalue weighted by atomic mass is 10.1. The Morgan fingerprint density at radius 2 is 1.61 bits per heavy atom. The average molecular weight is 581 g/mol. The summed E-state index contributed by atoms with van der Waals surface area (Å²) in [6.45, 7) is 6.34. The highest BCUT2D eigenvalue weighted by atomic mass is 79.9. The maximum absolute atomic E-state index is 12.4. The van der Waals surface area contributed by atoms with Crippen LogP contribution in [0.5, 0.6) is 11.5 Å². The summed E-state index contributed by atoms with van der Waals surface area (Å²) in [7, 11) is 0. The molecule has 0 fully saturated rings. The number of ether oxygens (including phenoxy) is 2. The van der Waals surface area contributed by atoms with Crippen molar-refractivity contribution in [2.24, 2.45) is 5.10 Å². The lowest BCUT2D eigenvalue weighted by Gasteiger charge is -2.11. The molecule has 10 heteroatoms. The molecular formula is C28H29BrN4O5. The number of nitrogens with zero attached hydrogens (tertiary/aromatic N) is 1. The Labute approximate surface area is 229 Å². The smallest absolute Gasteiger partial charge is 0.329 e. The molecule has 0 radical (unpaired) electrons. The lowest BCUT2D eigenvalue weighted by molar-refractivity contribution is -0.136. The summed E-state index contributed by atoms with van der Waals surface area (Å²) in [5, 5.41) is 9.15. The Hall–Kier alpha value is -4.18. The van der Waals surface area contributed by atoms with Crippen LogP contribution in [0.15, 0.2) is 70.2 Å². The molecule has 0 aliphatic carbocycles. The second kappa shape index (κ2) is 13.9. The fourth-order valence-corrected chi connectivity index (χ4v) is 3.54. The number of rotatable bonds is 10. The van der Waals surface area contributed by atoms with E-state index in [1.54, 1.807) is 42.5 Å². The van der Waals surface area contributed by atoms with Crippen LogP contribution in [0, 0.1) is 13.8 Å². The lowest BCUT2D eigenvalue weighted by Crippen LogP contribution is -2.32. The van der Waals surface area contributed by atoms with Gasteiger partial charge in [-0.05, 0) is 86.0 Å². The fraction of sp³-hybridized carbons (Fsp3) is 0.214. The van der Waals surface area contributed by atoms with Gasteiger partial charge in [0.2, 0.25) is 0 Å². The molecule has 0 aromatic heterocycles. The van der Waals surface area contributed by atoms with Crippen LogP contribution < -0.4 is 25.5 Å². The molecule has 3 aromatic carbocycles. The van der Waals surface area contributed by atoms with E-state index >= 15 is 0 Å². The summed E-state index contributed by atoms with van der Waals surface area (Å²) < 4.78 is 11.9. The van der Waals surface area contributed by atoms with E-state index in [1.807, 2.05) is 39.0 Å². The molecule has 0 spiro atoms. The van der Waals surface area contributed by atoms with Gasteiger partial charge in [0, 0.05) is 21.4 Å². The summed E-state index contributed by atoms with van der Waals surface area (Å²) in [6, 6.07) is 17.5. The van der Waals surface area contributed by atoms with Crippen LogP contribution >= 0.6 is 15.9 Å². The molecule has 3 rings (SSSR count). The second-order valence-electron chi connectivity index (χ2n) is 8.34. The van der Waals surface area contributed by atoms with Gasteiger partial charge in [-0.15, -0.1) is 0 Å². The summed E-state index contributed by atoms with van der Waals surface area (Å²) >= 11 is 3.38. The minimum Gasteiger partial charge on any atom is -0.494 e. The third-order valence-corrected chi connectivity index (χ3v) is 5.78. The Balaban J connectivity index is 1.54. The maximum atomic E-state index is 12.4. The van der Waals surface area contributed by atoms with E-state index in [9.17, 15) is 14.4 Å². The molecular weight excluding hydrogens is 552 g/mol. The minimum atomic E-state index is -0.946. The number of benzene rings is 3. The number of aryl methyl sites for hydroxylation is 2. The zero-order valence-corrected chi connectivity index (χ0v) is 22.9. The van der Waals surface area contributed by atoms with Crippen molar-refractivity contribution in [2.45, 2.75) is 27.2 Å². The van der Waals surface area contributed by atoms with E-state index in [-0.39, 0.29) is 12.5 Å². The standard InChI is InChI=1S/C28H29BrN4O5/c1-4-13-37-24-10-8-22(9-11-24)32-27(35)28(36)33-30-16-20-15-21(29)6-12-25(20)38-17-26(34)31-23-7-5-18(2)19(3)14-23/h5-12,14-16H,4,13,17H2,1-3H3,(H,31,34)(H,32,35)(H,33,36)/b30-16-. The second-order valence-corrected chi connectivity index (χ2v) is 9.26. The van der Waals surface area contributed by atoms with Gasteiger partial charge >= 0.3 is 11.8 Å². The SMILES string of the molecule is CCCOc1ccc(NC(=O)C(=O)N/N=C\c2cc(Br)ccc2OCC(=O)Nc2ccc(C)c(C)c2)cc1. The van der Waals surface area contributed by atoms with Crippen molar-refractivity contribution in [3.63, 3.8) is 0 Å². The highest BCUT2D eigenvalue weighted by Gasteiger charge is 2.13. The van der Waals surface area contributed by atoms with E-state index in [2.05, 4.69) is 37.1 Å². The van der Waals surface area contributed by atoms with Gasteiger partial charge < -0.3 is 20.1 Å². The number of carbonyl (C=O) groups excluding carboxylic acids is 3. The third-order valence-electron chi connectivity index (χ3n) is 5.28. The molecule has 198 valence electrons. The zero-order chi connectivity index (χ0) is 27.5. The molecule has 0 atom stereocenters. The van der Waals surface area contributed by atoms with E-state index in [1.165, 1.54) is 6.21 Å². The zero-order valence-electron chi connectivity index (χ0n) is 21.3. The van der Waals surface area contributed by atoms with Crippen molar-refractivity contribution in [1.29, 1.82) is 0 Å². The minimum absolute atomic E-state index is 0.230. The molecule has 0 bridgehead atoms. The van der Waals surface area contributed by atoms with Crippen molar-refractivity contribution >= 4 is 51.2 Å². The Kier molecular flexibility index (Phi) is 10.4. The molecule has 0 saturated carbocycles. The number of carbonyl (C=O) groups is 3. The van der Waals surface area contributed by atoms with Gasteiger partial charge in [-0.2, -0.15) is 5.10 Å². The van der Waals surface area contributed by atoms with Crippen molar-refractivity contribution in [2.75, 3.05) is 23.8 Å².